The summed E-state index contributed by atoms with van der Waals surface area (Å²) in [6.07, 6.45) is 0. The Hall–Kier alpha value is -2.87. The van der Waals surface area contributed by atoms with E-state index in [1.807, 2.05) is 0 Å². The Morgan fingerprint density at radius 1 is 1.32 bits per heavy atom. The van der Waals surface area contributed by atoms with E-state index in [1.54, 1.807) is 6.07 Å². The molecule has 2 aromatic carbocycles. The zero-order chi connectivity index (χ0) is 14.0. The highest BCUT2D eigenvalue weighted by atomic mass is 19.1. The van der Waals surface area contributed by atoms with Gasteiger partial charge in [-0.1, -0.05) is 12.1 Å². The van der Waals surface area contributed by atoms with Crippen molar-refractivity contribution in [2.45, 2.75) is 0 Å². The maximum absolute atomic E-state index is 14.0. The molecule has 19 heavy (non-hydrogen) atoms. The summed E-state index contributed by atoms with van der Waals surface area (Å²) in [4.78, 5) is 10.9. The number of hydrogen-bond donors (Lipinski definition) is 2. The second-order valence-electron chi connectivity index (χ2n) is 3.93. The predicted molar refractivity (Wildman–Crippen MR) is 67.9 cm³/mol. The van der Waals surface area contributed by atoms with Gasteiger partial charge in [0.25, 0.3) is 0 Å². The lowest BCUT2D eigenvalue weighted by Gasteiger charge is -2.07. The molecule has 0 amide bonds. The van der Waals surface area contributed by atoms with Crippen LogP contribution in [0.5, 0.6) is 0 Å². The fourth-order valence-corrected chi connectivity index (χ4v) is 1.77. The summed E-state index contributed by atoms with van der Waals surface area (Å²) in [5, 5.41) is 17.7. The van der Waals surface area contributed by atoms with E-state index in [9.17, 15) is 9.18 Å². The maximum Gasteiger partial charge on any atom is 0.335 e. The number of carboxylic acids is 1. The van der Waals surface area contributed by atoms with Crippen LogP contribution in [-0.4, -0.2) is 11.1 Å². The van der Waals surface area contributed by atoms with Crippen LogP contribution in [0.15, 0.2) is 36.4 Å². The third kappa shape index (κ3) is 2.38. The third-order valence-electron chi connectivity index (χ3n) is 2.63. The van der Waals surface area contributed by atoms with Gasteiger partial charge in [-0.15, -0.1) is 0 Å². The highest BCUT2D eigenvalue weighted by Crippen LogP contribution is 2.27. The van der Waals surface area contributed by atoms with Crippen molar-refractivity contribution in [3.8, 4) is 17.2 Å². The molecule has 2 rings (SSSR count). The Morgan fingerprint density at radius 3 is 2.68 bits per heavy atom. The van der Waals surface area contributed by atoms with Crippen LogP contribution in [0.25, 0.3) is 11.1 Å². The molecule has 2 aromatic rings. The standard InChI is InChI=1S/C14H9FN2O2/c15-13-8(7-16)2-1-3-12(13)9-4-10(14(18)19)6-11(17)5-9/h1-6H,17H2,(H,18,19). The zero-order valence-corrected chi connectivity index (χ0v) is 9.72. The van der Waals surface area contributed by atoms with Gasteiger partial charge in [-0.25, -0.2) is 9.18 Å². The van der Waals surface area contributed by atoms with Crippen LogP contribution >= 0.6 is 0 Å². The summed E-state index contributed by atoms with van der Waals surface area (Å²) in [7, 11) is 0. The first-order valence-corrected chi connectivity index (χ1v) is 5.36. The third-order valence-corrected chi connectivity index (χ3v) is 2.63. The minimum Gasteiger partial charge on any atom is -0.478 e. The summed E-state index contributed by atoms with van der Waals surface area (Å²) >= 11 is 0. The summed E-state index contributed by atoms with van der Waals surface area (Å²) in [5.41, 5.74) is 6.17. The minimum atomic E-state index is -1.15. The van der Waals surface area contributed by atoms with Gasteiger partial charge in [0, 0.05) is 11.3 Å². The number of carboxylic acid groups (broad SMARTS) is 1. The number of nitrogens with two attached hydrogens (primary N) is 1. The van der Waals surface area contributed by atoms with Crippen molar-refractivity contribution in [2.24, 2.45) is 0 Å². The summed E-state index contributed by atoms with van der Waals surface area (Å²) in [6, 6.07) is 10.2. The molecule has 0 bridgehead atoms. The zero-order valence-electron chi connectivity index (χ0n) is 9.72. The molecule has 0 aliphatic rings. The van der Waals surface area contributed by atoms with E-state index < -0.39 is 11.8 Å². The average molecular weight is 256 g/mol. The Morgan fingerprint density at radius 2 is 2.05 bits per heavy atom. The molecule has 5 heteroatoms. The SMILES string of the molecule is N#Cc1cccc(-c2cc(N)cc(C(=O)O)c2)c1F. The summed E-state index contributed by atoms with van der Waals surface area (Å²) < 4.78 is 14.0. The molecular formula is C14H9FN2O2. The molecule has 0 unspecified atom stereocenters. The number of nitrogen functional groups attached to an aromatic ring is 1. The highest BCUT2D eigenvalue weighted by molar-refractivity contribution is 5.91. The number of benzene rings is 2. The molecule has 0 fully saturated rings. The van der Waals surface area contributed by atoms with Crippen molar-refractivity contribution >= 4 is 11.7 Å². The summed E-state index contributed by atoms with van der Waals surface area (Å²) in [6.45, 7) is 0. The number of rotatable bonds is 2. The van der Waals surface area contributed by atoms with E-state index in [4.69, 9.17) is 16.1 Å². The number of hydrogen-bond acceptors (Lipinski definition) is 3. The van der Waals surface area contributed by atoms with Gasteiger partial charge in [-0.05, 0) is 29.8 Å². The molecule has 3 N–H and O–H groups in total. The maximum atomic E-state index is 14.0. The molecule has 0 saturated carbocycles. The number of anilines is 1. The van der Waals surface area contributed by atoms with Crippen molar-refractivity contribution in [3.05, 3.63) is 53.3 Å². The van der Waals surface area contributed by atoms with Gasteiger partial charge in [0.1, 0.15) is 11.9 Å². The number of nitrogens with zero attached hydrogens (tertiary/aromatic N) is 1. The Labute approximate surface area is 108 Å². The second kappa shape index (κ2) is 4.78. The molecule has 4 nitrogen and oxygen atoms in total. The topological polar surface area (TPSA) is 87.1 Å². The van der Waals surface area contributed by atoms with Crippen molar-refractivity contribution in [1.82, 2.24) is 0 Å². The predicted octanol–water partition coefficient (Wildman–Crippen LogP) is 2.64. The molecule has 0 saturated heterocycles. The number of carbonyl (C=O) groups is 1. The van der Waals surface area contributed by atoms with Crippen LogP contribution in [-0.2, 0) is 0 Å². The van der Waals surface area contributed by atoms with Gasteiger partial charge in [-0.3, -0.25) is 0 Å². The van der Waals surface area contributed by atoms with E-state index >= 15 is 0 Å². The molecule has 0 aliphatic carbocycles. The largest absolute Gasteiger partial charge is 0.478 e. The molecule has 0 radical (unpaired) electrons. The van der Waals surface area contributed by atoms with Gasteiger partial charge >= 0.3 is 5.97 Å². The lowest BCUT2D eigenvalue weighted by molar-refractivity contribution is 0.0697. The molecule has 0 aliphatic heterocycles. The van der Waals surface area contributed by atoms with E-state index in [0.29, 0.717) is 5.56 Å². The van der Waals surface area contributed by atoms with Crippen LogP contribution in [0.1, 0.15) is 15.9 Å². The van der Waals surface area contributed by atoms with Crippen molar-refractivity contribution in [3.63, 3.8) is 0 Å². The lowest BCUT2D eigenvalue weighted by Crippen LogP contribution is -1.99. The van der Waals surface area contributed by atoms with Gasteiger partial charge in [-0.2, -0.15) is 5.26 Å². The van der Waals surface area contributed by atoms with Gasteiger partial charge < -0.3 is 10.8 Å². The fourth-order valence-electron chi connectivity index (χ4n) is 1.77. The van der Waals surface area contributed by atoms with E-state index in [0.717, 1.165) is 0 Å². The highest BCUT2D eigenvalue weighted by Gasteiger charge is 2.12. The number of nitriles is 1. The van der Waals surface area contributed by atoms with Crippen LogP contribution in [0, 0.1) is 17.1 Å². The molecule has 0 atom stereocenters. The van der Waals surface area contributed by atoms with Crippen LogP contribution in [0.4, 0.5) is 10.1 Å². The van der Waals surface area contributed by atoms with Crippen LogP contribution < -0.4 is 5.73 Å². The van der Waals surface area contributed by atoms with Crippen LogP contribution in [0.3, 0.4) is 0 Å². The van der Waals surface area contributed by atoms with E-state index in [2.05, 4.69) is 0 Å². The van der Waals surface area contributed by atoms with Crippen LogP contribution in [0.2, 0.25) is 0 Å². The molecule has 94 valence electrons. The Kier molecular flexibility index (Phi) is 3.17. The van der Waals surface area contributed by atoms with Gasteiger partial charge in [0.15, 0.2) is 0 Å². The number of aromatic carboxylic acids is 1. The quantitative estimate of drug-likeness (QED) is 0.808. The average Bonchev–Trinajstić information content (AvgIpc) is 2.38. The molecular weight excluding hydrogens is 247 g/mol. The van der Waals surface area contributed by atoms with Gasteiger partial charge in [0.2, 0.25) is 0 Å². The Bertz CT molecular complexity index is 705. The second-order valence-corrected chi connectivity index (χ2v) is 3.93. The molecule has 0 heterocycles. The lowest BCUT2D eigenvalue weighted by atomic mass is 9.99. The molecule has 0 spiro atoms. The molecule has 0 aromatic heterocycles. The van der Waals surface area contributed by atoms with E-state index in [-0.39, 0.29) is 22.4 Å². The Balaban J connectivity index is 2.66. The normalized spacial score (nSPS) is 9.89. The first-order valence-electron chi connectivity index (χ1n) is 5.36. The first-order chi connectivity index (χ1) is 9.02. The monoisotopic (exact) mass is 256 g/mol. The summed E-state index contributed by atoms with van der Waals surface area (Å²) in [5.74, 6) is -1.84. The smallest absolute Gasteiger partial charge is 0.335 e. The van der Waals surface area contributed by atoms with E-state index in [1.165, 1.54) is 36.4 Å². The number of halogens is 1. The van der Waals surface area contributed by atoms with Crippen molar-refractivity contribution < 1.29 is 14.3 Å². The van der Waals surface area contributed by atoms with Crippen molar-refractivity contribution in [1.29, 1.82) is 5.26 Å². The first kappa shape index (κ1) is 12.6. The fraction of sp³-hybridized carbons (Fsp3) is 0. The van der Waals surface area contributed by atoms with Crippen molar-refractivity contribution in [2.75, 3.05) is 5.73 Å². The van der Waals surface area contributed by atoms with Gasteiger partial charge in [0.05, 0.1) is 11.1 Å². The minimum absolute atomic E-state index is 0.0308.